The Morgan fingerprint density at radius 1 is 1.00 bits per heavy atom. The molecular formula is C17H20N2O2S. The van der Waals surface area contributed by atoms with Gasteiger partial charge in [0.1, 0.15) is 0 Å². The first kappa shape index (κ1) is 16.1. The topological polar surface area (TPSA) is 58.2 Å². The van der Waals surface area contributed by atoms with Crippen molar-refractivity contribution in [3.05, 3.63) is 66.7 Å². The van der Waals surface area contributed by atoms with Gasteiger partial charge in [0, 0.05) is 17.9 Å². The lowest BCUT2D eigenvalue weighted by atomic mass is 10.2. The molecule has 2 aromatic carbocycles. The van der Waals surface area contributed by atoms with Crippen LogP contribution in [0.1, 0.15) is 12.5 Å². The van der Waals surface area contributed by atoms with Crippen LogP contribution in [0.5, 0.6) is 0 Å². The average molecular weight is 316 g/mol. The molecule has 2 N–H and O–H groups in total. The Hall–Kier alpha value is -2.27. The molecule has 0 amide bonds. The highest BCUT2D eigenvalue weighted by Gasteiger charge is 2.13. The number of nitrogens with one attached hydrogen (secondary N) is 2. The minimum absolute atomic E-state index is 0.263. The lowest BCUT2D eigenvalue weighted by Crippen LogP contribution is -2.13. The van der Waals surface area contributed by atoms with Gasteiger partial charge >= 0.3 is 0 Å². The van der Waals surface area contributed by atoms with E-state index in [2.05, 4.69) is 16.6 Å². The summed E-state index contributed by atoms with van der Waals surface area (Å²) in [7, 11) is -3.55. The normalized spacial score (nSPS) is 11.0. The van der Waals surface area contributed by atoms with Crippen molar-refractivity contribution in [1.29, 1.82) is 0 Å². The van der Waals surface area contributed by atoms with Gasteiger partial charge in [-0.1, -0.05) is 25.1 Å². The molecule has 4 nitrogen and oxygen atoms in total. The first-order chi connectivity index (χ1) is 10.5. The van der Waals surface area contributed by atoms with Gasteiger partial charge in [-0.15, -0.1) is 6.58 Å². The Bertz CT molecular complexity index is 720. The molecule has 0 aliphatic rings. The van der Waals surface area contributed by atoms with Crippen molar-refractivity contribution >= 4 is 21.4 Å². The van der Waals surface area contributed by atoms with Crippen molar-refractivity contribution < 1.29 is 8.42 Å². The van der Waals surface area contributed by atoms with Crippen LogP contribution in [-0.4, -0.2) is 15.0 Å². The third-order valence-corrected chi connectivity index (χ3v) is 4.63. The number of sulfonamides is 1. The molecule has 0 unspecified atom stereocenters. The van der Waals surface area contributed by atoms with Gasteiger partial charge in [-0.2, -0.15) is 0 Å². The summed E-state index contributed by atoms with van der Waals surface area (Å²) in [6.45, 7) is 6.33. The molecule has 116 valence electrons. The molecule has 0 fully saturated rings. The molecule has 5 heteroatoms. The van der Waals surface area contributed by atoms with Crippen LogP contribution in [0.3, 0.4) is 0 Å². The highest BCUT2D eigenvalue weighted by molar-refractivity contribution is 7.92. The first-order valence-corrected chi connectivity index (χ1v) is 8.60. The van der Waals surface area contributed by atoms with Crippen LogP contribution in [-0.2, 0) is 16.4 Å². The van der Waals surface area contributed by atoms with E-state index in [9.17, 15) is 8.42 Å². The molecule has 0 bridgehead atoms. The Morgan fingerprint density at radius 3 is 2.14 bits per heavy atom. The average Bonchev–Trinajstić information content (AvgIpc) is 2.54. The standard InChI is InChI=1S/C17H20N2O2S/c1-3-13-18-15-7-9-16(10-8-15)19-22(20,21)17-11-5-14(4-2)6-12-17/h3,5-12,18-19H,1,4,13H2,2H3. The zero-order valence-corrected chi connectivity index (χ0v) is 13.4. The van der Waals surface area contributed by atoms with Crippen molar-refractivity contribution in [3.63, 3.8) is 0 Å². The largest absolute Gasteiger partial charge is 0.382 e. The van der Waals surface area contributed by atoms with Crippen molar-refractivity contribution in [2.24, 2.45) is 0 Å². The van der Waals surface area contributed by atoms with E-state index >= 15 is 0 Å². The molecule has 0 spiro atoms. The maximum Gasteiger partial charge on any atom is 0.261 e. The number of anilines is 2. The fourth-order valence-corrected chi connectivity index (χ4v) is 3.02. The minimum Gasteiger partial charge on any atom is -0.382 e. The molecule has 0 aromatic heterocycles. The third-order valence-electron chi connectivity index (χ3n) is 3.23. The summed E-state index contributed by atoms with van der Waals surface area (Å²) in [6, 6.07) is 14.0. The summed E-state index contributed by atoms with van der Waals surface area (Å²) in [5.74, 6) is 0. The summed E-state index contributed by atoms with van der Waals surface area (Å²) in [4.78, 5) is 0.263. The second-order valence-corrected chi connectivity index (χ2v) is 6.53. The van der Waals surface area contributed by atoms with Crippen molar-refractivity contribution in [2.75, 3.05) is 16.6 Å². The molecular weight excluding hydrogens is 296 g/mol. The van der Waals surface area contributed by atoms with Crippen LogP contribution in [0.25, 0.3) is 0 Å². The zero-order chi connectivity index (χ0) is 16.0. The summed E-state index contributed by atoms with van der Waals surface area (Å²) in [6.07, 6.45) is 2.64. The maximum atomic E-state index is 12.3. The predicted octanol–water partition coefficient (Wildman–Crippen LogP) is 3.65. The van der Waals surface area contributed by atoms with Gasteiger partial charge in [0.2, 0.25) is 0 Å². The van der Waals surface area contributed by atoms with E-state index in [1.807, 2.05) is 31.2 Å². The smallest absolute Gasteiger partial charge is 0.261 e. The predicted molar refractivity (Wildman–Crippen MR) is 91.8 cm³/mol. The number of benzene rings is 2. The van der Waals surface area contributed by atoms with Crippen LogP contribution in [0.15, 0.2) is 66.1 Å². The van der Waals surface area contributed by atoms with E-state index in [0.717, 1.165) is 17.7 Å². The second-order valence-electron chi connectivity index (χ2n) is 4.85. The fourth-order valence-electron chi connectivity index (χ4n) is 1.96. The zero-order valence-electron chi connectivity index (χ0n) is 12.5. The van der Waals surface area contributed by atoms with Crippen molar-refractivity contribution in [1.82, 2.24) is 0 Å². The lowest BCUT2D eigenvalue weighted by molar-refractivity contribution is 0.601. The molecule has 0 aliphatic carbocycles. The van der Waals surface area contributed by atoms with E-state index < -0.39 is 10.0 Å². The minimum atomic E-state index is -3.55. The van der Waals surface area contributed by atoms with E-state index in [1.54, 1.807) is 30.3 Å². The molecule has 0 radical (unpaired) electrons. The molecule has 0 heterocycles. The Labute approximate surface area is 131 Å². The van der Waals surface area contributed by atoms with Crippen molar-refractivity contribution in [3.8, 4) is 0 Å². The van der Waals surface area contributed by atoms with Crippen LogP contribution < -0.4 is 10.0 Å². The van der Waals surface area contributed by atoms with Gasteiger partial charge in [-0.25, -0.2) is 8.42 Å². The first-order valence-electron chi connectivity index (χ1n) is 7.12. The van der Waals surface area contributed by atoms with E-state index in [4.69, 9.17) is 0 Å². The monoisotopic (exact) mass is 316 g/mol. The number of hydrogen-bond donors (Lipinski definition) is 2. The number of aryl methyl sites for hydroxylation is 1. The van der Waals surface area contributed by atoms with Crippen LogP contribution in [0, 0.1) is 0 Å². The summed E-state index contributed by atoms with van der Waals surface area (Å²) < 4.78 is 27.2. The Morgan fingerprint density at radius 2 is 1.59 bits per heavy atom. The van der Waals surface area contributed by atoms with Gasteiger partial charge in [-0.05, 0) is 48.4 Å². The highest BCUT2D eigenvalue weighted by atomic mass is 32.2. The van der Waals surface area contributed by atoms with Crippen LogP contribution >= 0.6 is 0 Å². The van der Waals surface area contributed by atoms with Crippen LogP contribution in [0.4, 0.5) is 11.4 Å². The van der Waals surface area contributed by atoms with Gasteiger partial charge in [-0.3, -0.25) is 4.72 Å². The van der Waals surface area contributed by atoms with E-state index in [0.29, 0.717) is 12.2 Å². The maximum absolute atomic E-state index is 12.3. The lowest BCUT2D eigenvalue weighted by Gasteiger charge is -2.10. The van der Waals surface area contributed by atoms with E-state index in [-0.39, 0.29) is 4.90 Å². The quantitative estimate of drug-likeness (QED) is 0.767. The van der Waals surface area contributed by atoms with Gasteiger partial charge in [0.15, 0.2) is 0 Å². The number of hydrogen-bond acceptors (Lipinski definition) is 3. The van der Waals surface area contributed by atoms with Crippen molar-refractivity contribution in [2.45, 2.75) is 18.2 Å². The molecule has 2 rings (SSSR count). The van der Waals surface area contributed by atoms with Gasteiger partial charge in [0.05, 0.1) is 4.90 Å². The summed E-state index contributed by atoms with van der Waals surface area (Å²) in [5, 5.41) is 3.13. The van der Waals surface area contributed by atoms with E-state index in [1.165, 1.54) is 0 Å². The van der Waals surface area contributed by atoms with Gasteiger partial charge < -0.3 is 5.32 Å². The second kappa shape index (κ2) is 7.13. The summed E-state index contributed by atoms with van der Waals surface area (Å²) in [5.41, 5.74) is 2.55. The molecule has 2 aromatic rings. The SMILES string of the molecule is C=CCNc1ccc(NS(=O)(=O)c2ccc(CC)cc2)cc1. The Balaban J connectivity index is 2.12. The molecule has 0 aliphatic heterocycles. The fraction of sp³-hybridized carbons (Fsp3) is 0.176. The molecule has 22 heavy (non-hydrogen) atoms. The third kappa shape index (κ3) is 4.11. The molecule has 0 saturated carbocycles. The van der Waals surface area contributed by atoms with Crippen LogP contribution in [0.2, 0.25) is 0 Å². The number of rotatable bonds is 7. The molecule has 0 saturated heterocycles. The summed E-state index contributed by atoms with van der Waals surface area (Å²) >= 11 is 0. The Kier molecular flexibility index (Phi) is 5.22. The molecule has 0 atom stereocenters. The highest BCUT2D eigenvalue weighted by Crippen LogP contribution is 2.19. The van der Waals surface area contributed by atoms with Gasteiger partial charge in [0.25, 0.3) is 10.0 Å².